The number of carbonyl (C=O) groups is 1. The summed E-state index contributed by atoms with van der Waals surface area (Å²) in [4.78, 5) is 20.5. The van der Waals surface area contributed by atoms with Gasteiger partial charge in [-0.15, -0.1) is 0 Å². The second-order valence-electron chi connectivity index (χ2n) is 7.21. The van der Waals surface area contributed by atoms with E-state index in [1.807, 2.05) is 40.8 Å². The quantitative estimate of drug-likeness (QED) is 0.907. The van der Waals surface area contributed by atoms with Gasteiger partial charge in [-0.05, 0) is 52.2 Å². The van der Waals surface area contributed by atoms with E-state index in [0.717, 1.165) is 37.3 Å². The topological polar surface area (TPSA) is 71.7 Å². The van der Waals surface area contributed by atoms with Crippen molar-refractivity contribution in [2.75, 3.05) is 30.8 Å². The molecule has 0 unspecified atom stereocenters. The Morgan fingerprint density at radius 1 is 1.39 bits per heavy atom. The number of rotatable bonds is 2. The average molecular weight is 320 g/mol. The maximum atomic E-state index is 12.2. The van der Waals surface area contributed by atoms with E-state index in [-0.39, 0.29) is 12.1 Å². The molecule has 0 atom stereocenters. The van der Waals surface area contributed by atoms with Gasteiger partial charge in [0.05, 0.1) is 11.9 Å². The third kappa shape index (κ3) is 4.50. The van der Waals surface area contributed by atoms with Crippen LogP contribution in [0.15, 0.2) is 12.3 Å². The Bertz CT molecular complexity index is 560. The Hall–Kier alpha value is -1.98. The van der Waals surface area contributed by atoms with Crippen LogP contribution in [0, 0.1) is 6.92 Å². The molecule has 2 N–H and O–H groups in total. The van der Waals surface area contributed by atoms with Crippen molar-refractivity contribution in [3.05, 3.63) is 17.8 Å². The number of ether oxygens (including phenoxy) is 1. The molecule has 6 heteroatoms. The van der Waals surface area contributed by atoms with Crippen molar-refractivity contribution < 1.29 is 9.53 Å². The van der Waals surface area contributed by atoms with Crippen molar-refractivity contribution in [2.24, 2.45) is 0 Å². The van der Waals surface area contributed by atoms with Crippen LogP contribution < -0.4 is 10.6 Å². The molecule has 1 aromatic heterocycles. The Labute approximate surface area is 138 Å². The minimum absolute atomic E-state index is 0.205. The van der Waals surface area contributed by atoms with Crippen LogP contribution in [-0.4, -0.2) is 47.8 Å². The van der Waals surface area contributed by atoms with E-state index < -0.39 is 5.60 Å². The van der Waals surface area contributed by atoms with E-state index in [2.05, 4.69) is 9.88 Å². The summed E-state index contributed by atoms with van der Waals surface area (Å²) >= 11 is 0. The van der Waals surface area contributed by atoms with E-state index in [1.54, 1.807) is 11.1 Å². The van der Waals surface area contributed by atoms with Crippen LogP contribution in [0.4, 0.5) is 16.3 Å². The first kappa shape index (κ1) is 17.4. The van der Waals surface area contributed by atoms with Crippen molar-refractivity contribution in [1.82, 2.24) is 9.88 Å². The number of hydrogen-bond donors (Lipinski definition) is 1. The number of nitrogens with two attached hydrogens (primary N) is 1. The molecule has 0 saturated carbocycles. The first-order chi connectivity index (χ1) is 10.7. The van der Waals surface area contributed by atoms with Crippen LogP contribution in [0.1, 0.15) is 39.2 Å². The molecule has 1 amide bonds. The fourth-order valence-electron chi connectivity index (χ4n) is 2.69. The highest BCUT2D eigenvalue weighted by Gasteiger charge is 2.28. The van der Waals surface area contributed by atoms with E-state index in [0.29, 0.717) is 5.69 Å². The lowest BCUT2D eigenvalue weighted by Gasteiger charge is -2.37. The minimum atomic E-state index is -0.461. The third-order valence-corrected chi connectivity index (χ3v) is 4.15. The minimum Gasteiger partial charge on any atom is -0.444 e. The molecule has 128 valence electrons. The Morgan fingerprint density at radius 3 is 2.52 bits per heavy atom. The second-order valence-corrected chi connectivity index (χ2v) is 7.21. The normalized spacial score (nSPS) is 16.3. The first-order valence-electron chi connectivity index (χ1n) is 8.10. The van der Waals surface area contributed by atoms with E-state index in [1.165, 1.54) is 0 Å². The van der Waals surface area contributed by atoms with Gasteiger partial charge in [-0.25, -0.2) is 9.78 Å². The molecular weight excluding hydrogens is 292 g/mol. The number of amides is 1. The van der Waals surface area contributed by atoms with Crippen LogP contribution in [0.3, 0.4) is 0 Å². The third-order valence-electron chi connectivity index (χ3n) is 4.15. The molecular formula is C17H28N4O2. The zero-order chi connectivity index (χ0) is 17.2. The maximum absolute atomic E-state index is 12.2. The van der Waals surface area contributed by atoms with Gasteiger partial charge in [-0.2, -0.15) is 0 Å². The highest BCUT2D eigenvalue weighted by molar-refractivity contribution is 5.68. The summed E-state index contributed by atoms with van der Waals surface area (Å²) in [7, 11) is 1.82. The molecule has 2 rings (SSSR count). The molecule has 23 heavy (non-hydrogen) atoms. The Kier molecular flexibility index (Phi) is 5.02. The highest BCUT2D eigenvalue weighted by Crippen LogP contribution is 2.23. The van der Waals surface area contributed by atoms with Crippen LogP contribution in [0.2, 0.25) is 0 Å². The van der Waals surface area contributed by atoms with Gasteiger partial charge in [0.25, 0.3) is 0 Å². The fraction of sp³-hybridized carbons (Fsp3) is 0.647. The molecule has 2 heterocycles. The van der Waals surface area contributed by atoms with Crippen LogP contribution in [0.5, 0.6) is 0 Å². The van der Waals surface area contributed by atoms with Crippen molar-refractivity contribution in [1.29, 1.82) is 0 Å². The lowest BCUT2D eigenvalue weighted by molar-refractivity contribution is 0.0201. The number of aromatic nitrogens is 1. The van der Waals surface area contributed by atoms with Gasteiger partial charge in [-0.1, -0.05) is 0 Å². The van der Waals surface area contributed by atoms with Gasteiger partial charge in [-0.3, -0.25) is 0 Å². The molecule has 0 radical (unpaired) electrons. The number of pyridine rings is 1. The zero-order valence-electron chi connectivity index (χ0n) is 14.8. The van der Waals surface area contributed by atoms with Crippen molar-refractivity contribution in [3.8, 4) is 0 Å². The van der Waals surface area contributed by atoms with Crippen molar-refractivity contribution >= 4 is 17.6 Å². The number of carbonyl (C=O) groups excluding carboxylic acids is 1. The van der Waals surface area contributed by atoms with Gasteiger partial charge < -0.3 is 20.3 Å². The van der Waals surface area contributed by atoms with Gasteiger partial charge in [0.2, 0.25) is 0 Å². The summed E-state index contributed by atoms with van der Waals surface area (Å²) in [6.07, 6.45) is 3.27. The predicted molar refractivity (Wildman–Crippen MR) is 92.6 cm³/mol. The Morgan fingerprint density at radius 2 is 2.00 bits per heavy atom. The number of aryl methyl sites for hydroxylation is 1. The van der Waals surface area contributed by atoms with Crippen LogP contribution >= 0.6 is 0 Å². The summed E-state index contributed by atoms with van der Waals surface area (Å²) in [5.74, 6) is 0.954. The van der Waals surface area contributed by atoms with Gasteiger partial charge >= 0.3 is 6.09 Å². The largest absolute Gasteiger partial charge is 0.444 e. The smallest absolute Gasteiger partial charge is 0.410 e. The predicted octanol–water partition coefficient (Wildman–Crippen LogP) is 2.81. The molecule has 1 aromatic rings. The number of hydrogen-bond acceptors (Lipinski definition) is 5. The average Bonchev–Trinajstić information content (AvgIpc) is 2.48. The first-order valence-corrected chi connectivity index (χ1v) is 8.10. The van der Waals surface area contributed by atoms with Crippen LogP contribution in [0.25, 0.3) is 0 Å². The number of anilines is 2. The molecule has 1 saturated heterocycles. The van der Waals surface area contributed by atoms with E-state index in [9.17, 15) is 4.79 Å². The fourth-order valence-corrected chi connectivity index (χ4v) is 2.69. The monoisotopic (exact) mass is 320 g/mol. The van der Waals surface area contributed by atoms with Gasteiger partial charge in [0.15, 0.2) is 0 Å². The Balaban J connectivity index is 1.92. The van der Waals surface area contributed by atoms with Gasteiger partial charge in [0, 0.05) is 26.2 Å². The van der Waals surface area contributed by atoms with E-state index >= 15 is 0 Å². The lowest BCUT2D eigenvalue weighted by Crippen LogP contribution is -2.47. The summed E-state index contributed by atoms with van der Waals surface area (Å²) in [6.45, 7) is 9.38. The summed E-state index contributed by atoms with van der Waals surface area (Å²) in [5.41, 5.74) is 7.12. The highest BCUT2D eigenvalue weighted by atomic mass is 16.6. The molecule has 0 bridgehead atoms. The maximum Gasteiger partial charge on any atom is 0.410 e. The van der Waals surface area contributed by atoms with Crippen molar-refractivity contribution in [3.63, 3.8) is 0 Å². The number of nitrogens with zero attached hydrogens (tertiary/aromatic N) is 3. The summed E-state index contributed by atoms with van der Waals surface area (Å²) < 4.78 is 5.44. The number of piperidine rings is 1. The number of nitrogen functional groups attached to an aromatic ring is 1. The van der Waals surface area contributed by atoms with Crippen LogP contribution in [-0.2, 0) is 4.74 Å². The molecule has 6 nitrogen and oxygen atoms in total. The standard InChI is InChI=1S/C17H28N4O2/c1-12-10-15(19-11-14(12)18)21-8-6-13(7-9-21)20(5)16(22)23-17(2,3)4/h10-11,13H,6-9,18H2,1-5H3. The molecule has 0 spiro atoms. The summed E-state index contributed by atoms with van der Waals surface area (Å²) in [6, 6.07) is 2.23. The summed E-state index contributed by atoms with van der Waals surface area (Å²) in [5, 5.41) is 0. The van der Waals surface area contributed by atoms with E-state index in [4.69, 9.17) is 10.5 Å². The zero-order valence-corrected chi connectivity index (χ0v) is 14.8. The van der Waals surface area contributed by atoms with Crippen molar-refractivity contribution in [2.45, 2.75) is 52.2 Å². The van der Waals surface area contributed by atoms with Gasteiger partial charge in [0.1, 0.15) is 11.4 Å². The SMILES string of the molecule is Cc1cc(N2CCC(N(C)C(=O)OC(C)(C)C)CC2)ncc1N. The molecule has 0 aliphatic carbocycles. The molecule has 1 fully saturated rings. The lowest BCUT2D eigenvalue weighted by atomic mass is 10.0. The second kappa shape index (κ2) is 6.64. The molecule has 0 aromatic carbocycles. The molecule has 1 aliphatic heterocycles. The molecule has 1 aliphatic rings.